The molecule has 0 saturated heterocycles. The highest BCUT2D eigenvalue weighted by Gasteiger charge is 2.37. The number of rotatable bonds is 4. The van der Waals surface area contributed by atoms with Gasteiger partial charge in [0.1, 0.15) is 29.0 Å². The molecule has 0 saturated carbocycles. The fraction of sp³-hybridized carbons (Fsp3) is 0.0909. The van der Waals surface area contributed by atoms with Crippen LogP contribution in [0, 0.1) is 17.1 Å². The predicted octanol–water partition coefficient (Wildman–Crippen LogP) is 6.67. The molecule has 1 N–H and O–H groups in total. The first-order chi connectivity index (χ1) is 15.4. The minimum atomic E-state index is -5.10. The van der Waals surface area contributed by atoms with Gasteiger partial charge in [0.15, 0.2) is 0 Å². The molecule has 1 aromatic heterocycles. The van der Waals surface area contributed by atoms with E-state index in [0.29, 0.717) is 17.7 Å². The summed E-state index contributed by atoms with van der Waals surface area (Å²) in [6, 6.07) is 10.2. The molecule has 33 heavy (non-hydrogen) atoms. The van der Waals surface area contributed by atoms with E-state index in [1.807, 2.05) is 5.32 Å². The fourth-order valence-corrected chi connectivity index (χ4v) is 2.74. The standard InChI is InChI=1S/C22H11F7N2O2/c23-16-3-1-2-12(6-16)19-5-4-18(33-19)7-13(11-30)20(32)31-17-9-14(21(24,25)26)8-15(10-17)22(27,28)29/h1-10H,(H,31,32)/b13-7+. The van der Waals surface area contributed by atoms with Gasteiger partial charge in [0.25, 0.3) is 5.91 Å². The molecule has 0 unspecified atom stereocenters. The van der Waals surface area contributed by atoms with Crippen LogP contribution in [0.1, 0.15) is 16.9 Å². The van der Waals surface area contributed by atoms with Gasteiger partial charge in [-0.3, -0.25) is 4.79 Å². The highest BCUT2D eigenvalue weighted by molar-refractivity contribution is 6.09. The number of furan rings is 1. The average Bonchev–Trinajstić information content (AvgIpc) is 3.19. The summed E-state index contributed by atoms with van der Waals surface area (Å²) in [5.74, 6) is -1.61. The first kappa shape index (κ1) is 23.6. The maximum atomic E-state index is 13.4. The van der Waals surface area contributed by atoms with Crippen LogP contribution in [0.5, 0.6) is 0 Å². The number of carbonyl (C=O) groups excluding carboxylic acids is 1. The van der Waals surface area contributed by atoms with Crippen molar-refractivity contribution in [1.82, 2.24) is 0 Å². The lowest BCUT2D eigenvalue weighted by Crippen LogP contribution is -2.16. The Morgan fingerprint density at radius 1 is 0.939 bits per heavy atom. The Hall–Kier alpha value is -4.07. The largest absolute Gasteiger partial charge is 0.457 e. The minimum Gasteiger partial charge on any atom is -0.457 e. The number of amides is 1. The highest BCUT2D eigenvalue weighted by atomic mass is 19.4. The van der Waals surface area contributed by atoms with Gasteiger partial charge in [-0.25, -0.2) is 4.39 Å². The smallest absolute Gasteiger partial charge is 0.416 e. The predicted molar refractivity (Wildman–Crippen MR) is 103 cm³/mol. The average molecular weight is 468 g/mol. The Balaban J connectivity index is 1.89. The van der Waals surface area contributed by atoms with E-state index in [9.17, 15) is 40.8 Å². The second-order valence-electron chi connectivity index (χ2n) is 6.63. The fourth-order valence-electron chi connectivity index (χ4n) is 2.74. The van der Waals surface area contributed by atoms with Crippen LogP contribution in [0.3, 0.4) is 0 Å². The van der Waals surface area contributed by atoms with Gasteiger partial charge in [0.2, 0.25) is 0 Å². The van der Waals surface area contributed by atoms with Gasteiger partial charge >= 0.3 is 12.4 Å². The van der Waals surface area contributed by atoms with Crippen LogP contribution in [-0.4, -0.2) is 5.91 Å². The Bertz CT molecular complexity index is 1230. The van der Waals surface area contributed by atoms with Gasteiger partial charge in [-0.1, -0.05) is 12.1 Å². The maximum Gasteiger partial charge on any atom is 0.416 e. The van der Waals surface area contributed by atoms with E-state index in [-0.39, 0.29) is 17.6 Å². The van der Waals surface area contributed by atoms with Crippen LogP contribution in [0.15, 0.2) is 64.6 Å². The number of alkyl halides is 6. The molecule has 2 aromatic carbocycles. The number of anilines is 1. The van der Waals surface area contributed by atoms with E-state index < -0.39 is 46.5 Å². The molecule has 1 heterocycles. The van der Waals surface area contributed by atoms with Crippen molar-refractivity contribution in [3.8, 4) is 17.4 Å². The van der Waals surface area contributed by atoms with Crippen LogP contribution in [-0.2, 0) is 17.1 Å². The van der Waals surface area contributed by atoms with Crippen LogP contribution < -0.4 is 5.32 Å². The second kappa shape index (κ2) is 8.82. The summed E-state index contributed by atoms with van der Waals surface area (Å²) in [6.07, 6.45) is -9.26. The summed E-state index contributed by atoms with van der Waals surface area (Å²) in [5.41, 5.74) is -4.34. The van der Waals surface area contributed by atoms with Crippen molar-refractivity contribution in [1.29, 1.82) is 5.26 Å². The van der Waals surface area contributed by atoms with Crippen LogP contribution in [0.25, 0.3) is 17.4 Å². The lowest BCUT2D eigenvalue weighted by atomic mass is 10.1. The van der Waals surface area contributed by atoms with Crippen molar-refractivity contribution in [3.05, 3.63) is 82.9 Å². The number of benzene rings is 2. The minimum absolute atomic E-state index is 0.0269. The number of hydrogen-bond acceptors (Lipinski definition) is 3. The molecular formula is C22H11F7N2O2. The molecule has 0 aliphatic carbocycles. The van der Waals surface area contributed by atoms with E-state index in [1.54, 1.807) is 6.07 Å². The molecule has 0 aliphatic heterocycles. The molecule has 3 rings (SSSR count). The molecule has 0 radical (unpaired) electrons. The van der Waals surface area contributed by atoms with E-state index in [1.165, 1.54) is 36.4 Å². The molecule has 11 heteroatoms. The Morgan fingerprint density at radius 3 is 2.12 bits per heavy atom. The zero-order chi connectivity index (χ0) is 24.4. The van der Waals surface area contributed by atoms with Crippen LogP contribution >= 0.6 is 0 Å². The first-order valence-corrected chi connectivity index (χ1v) is 8.95. The third-order valence-corrected chi connectivity index (χ3v) is 4.23. The van der Waals surface area contributed by atoms with Crippen molar-refractivity contribution in [2.45, 2.75) is 12.4 Å². The Morgan fingerprint density at radius 2 is 1.58 bits per heavy atom. The van der Waals surface area contributed by atoms with Gasteiger partial charge in [0, 0.05) is 17.3 Å². The van der Waals surface area contributed by atoms with Gasteiger partial charge in [0.05, 0.1) is 11.1 Å². The zero-order valence-electron chi connectivity index (χ0n) is 16.2. The summed E-state index contributed by atoms with van der Waals surface area (Å²) in [7, 11) is 0. The van der Waals surface area contributed by atoms with E-state index in [2.05, 4.69) is 0 Å². The van der Waals surface area contributed by atoms with Crippen LogP contribution in [0.2, 0.25) is 0 Å². The molecule has 0 atom stereocenters. The number of nitrogens with one attached hydrogen (secondary N) is 1. The van der Waals surface area contributed by atoms with Crippen molar-refractivity contribution in [3.63, 3.8) is 0 Å². The quantitative estimate of drug-likeness (QED) is 0.264. The van der Waals surface area contributed by atoms with Crippen molar-refractivity contribution in [2.75, 3.05) is 5.32 Å². The molecule has 3 aromatic rings. The van der Waals surface area contributed by atoms with Gasteiger partial charge < -0.3 is 9.73 Å². The van der Waals surface area contributed by atoms with E-state index in [0.717, 1.165) is 6.08 Å². The van der Waals surface area contributed by atoms with E-state index in [4.69, 9.17) is 4.42 Å². The number of hydrogen-bond donors (Lipinski definition) is 1. The monoisotopic (exact) mass is 468 g/mol. The van der Waals surface area contributed by atoms with Crippen LogP contribution in [0.4, 0.5) is 36.4 Å². The summed E-state index contributed by atoms with van der Waals surface area (Å²) in [5, 5.41) is 11.1. The number of halogens is 7. The summed E-state index contributed by atoms with van der Waals surface area (Å²) < 4.78 is 96.6. The topological polar surface area (TPSA) is 66.0 Å². The van der Waals surface area contributed by atoms with Crippen molar-refractivity contribution >= 4 is 17.7 Å². The molecule has 1 amide bonds. The number of carbonyl (C=O) groups is 1. The molecule has 4 nitrogen and oxygen atoms in total. The summed E-state index contributed by atoms with van der Waals surface area (Å²) in [4.78, 5) is 12.3. The molecule has 170 valence electrons. The Kier molecular flexibility index (Phi) is 6.30. The van der Waals surface area contributed by atoms with Crippen molar-refractivity contribution < 1.29 is 39.9 Å². The van der Waals surface area contributed by atoms with Gasteiger partial charge in [-0.2, -0.15) is 31.6 Å². The SMILES string of the molecule is N#C/C(=C\c1ccc(-c2cccc(F)c2)o1)C(=O)Nc1cc(C(F)(F)F)cc(C(F)(F)F)c1. The third-order valence-electron chi connectivity index (χ3n) is 4.23. The molecular weight excluding hydrogens is 457 g/mol. The molecule has 0 bridgehead atoms. The second-order valence-corrected chi connectivity index (χ2v) is 6.63. The normalized spacial score (nSPS) is 12.4. The molecule has 0 spiro atoms. The zero-order valence-corrected chi connectivity index (χ0v) is 16.2. The van der Waals surface area contributed by atoms with E-state index >= 15 is 0 Å². The molecule has 0 aliphatic rings. The lowest BCUT2D eigenvalue weighted by Gasteiger charge is -2.14. The number of nitrogens with zero attached hydrogens (tertiary/aromatic N) is 1. The Labute approximate surface area is 181 Å². The summed E-state index contributed by atoms with van der Waals surface area (Å²) in [6.45, 7) is 0. The number of nitriles is 1. The van der Waals surface area contributed by atoms with Gasteiger partial charge in [-0.05, 0) is 42.5 Å². The first-order valence-electron chi connectivity index (χ1n) is 8.95. The van der Waals surface area contributed by atoms with Gasteiger partial charge in [-0.15, -0.1) is 0 Å². The highest BCUT2D eigenvalue weighted by Crippen LogP contribution is 2.37. The lowest BCUT2D eigenvalue weighted by molar-refractivity contribution is -0.143. The third kappa shape index (κ3) is 5.79. The van der Waals surface area contributed by atoms with Crippen molar-refractivity contribution in [2.24, 2.45) is 0 Å². The summed E-state index contributed by atoms with van der Waals surface area (Å²) >= 11 is 0. The maximum absolute atomic E-state index is 13.4. The molecule has 0 fully saturated rings.